The van der Waals surface area contributed by atoms with E-state index in [1.165, 1.54) is 0 Å². The highest BCUT2D eigenvalue weighted by molar-refractivity contribution is 7.08. The Morgan fingerprint density at radius 1 is 1.38 bits per heavy atom. The molecule has 1 aliphatic rings. The topological polar surface area (TPSA) is 81.1 Å². The van der Waals surface area contributed by atoms with Gasteiger partial charge in [0.15, 0.2) is 0 Å². The average molecular weight is 347 g/mol. The summed E-state index contributed by atoms with van der Waals surface area (Å²) in [6, 6.07) is 1.92. The fourth-order valence-corrected chi connectivity index (χ4v) is 3.58. The van der Waals surface area contributed by atoms with Crippen LogP contribution in [0.3, 0.4) is 0 Å². The molecule has 1 aliphatic heterocycles. The number of morpholine rings is 1. The van der Waals surface area contributed by atoms with Crippen LogP contribution in [0.4, 0.5) is 0 Å². The van der Waals surface area contributed by atoms with E-state index in [9.17, 15) is 4.79 Å². The van der Waals surface area contributed by atoms with Gasteiger partial charge in [-0.2, -0.15) is 0 Å². The zero-order valence-electron chi connectivity index (χ0n) is 14.3. The summed E-state index contributed by atoms with van der Waals surface area (Å²) >= 11 is 1.16. The van der Waals surface area contributed by atoms with Crippen LogP contribution in [0.5, 0.6) is 0 Å². The van der Waals surface area contributed by atoms with Crippen molar-refractivity contribution >= 4 is 17.4 Å². The molecule has 0 aromatic carbocycles. The number of aromatic nitrogens is 4. The van der Waals surface area contributed by atoms with Crippen LogP contribution in [0.25, 0.3) is 0 Å². The Hall–Kier alpha value is -1.93. The first-order valence-corrected chi connectivity index (χ1v) is 8.78. The zero-order chi connectivity index (χ0) is 17.3. The van der Waals surface area contributed by atoms with Crippen molar-refractivity contribution < 1.29 is 9.53 Å². The minimum absolute atomic E-state index is 0.0236. The van der Waals surface area contributed by atoms with Gasteiger partial charge in [-0.25, -0.2) is 9.97 Å². The molecule has 3 rings (SSSR count). The van der Waals surface area contributed by atoms with E-state index in [1.807, 2.05) is 38.7 Å². The minimum Gasteiger partial charge on any atom is -0.368 e. The lowest BCUT2D eigenvalue weighted by Crippen LogP contribution is -2.42. The Morgan fingerprint density at radius 2 is 2.17 bits per heavy atom. The number of rotatable bonds is 3. The third-order valence-electron chi connectivity index (χ3n) is 3.92. The van der Waals surface area contributed by atoms with Gasteiger partial charge in [0.05, 0.1) is 24.5 Å². The Balaban J connectivity index is 1.80. The van der Waals surface area contributed by atoms with Crippen molar-refractivity contribution in [3.63, 3.8) is 0 Å². The second kappa shape index (κ2) is 6.90. The summed E-state index contributed by atoms with van der Waals surface area (Å²) < 4.78 is 9.79. The van der Waals surface area contributed by atoms with Crippen molar-refractivity contribution in [2.24, 2.45) is 0 Å². The van der Waals surface area contributed by atoms with Crippen LogP contribution in [0.2, 0.25) is 0 Å². The molecular formula is C16H21N5O2S. The fourth-order valence-electron chi connectivity index (χ4n) is 2.79. The number of hydrogen-bond acceptors (Lipinski definition) is 7. The van der Waals surface area contributed by atoms with Crippen molar-refractivity contribution in [1.82, 2.24) is 24.5 Å². The number of hydrogen-bond donors (Lipinski definition) is 0. The van der Waals surface area contributed by atoms with Gasteiger partial charge in [0.25, 0.3) is 5.91 Å². The van der Waals surface area contributed by atoms with Crippen LogP contribution in [-0.4, -0.2) is 50.1 Å². The highest BCUT2D eigenvalue weighted by Crippen LogP contribution is 2.26. The first-order chi connectivity index (χ1) is 11.5. The molecule has 7 nitrogen and oxygen atoms in total. The summed E-state index contributed by atoms with van der Waals surface area (Å²) in [4.78, 5) is 24.1. The monoisotopic (exact) mass is 347 g/mol. The Morgan fingerprint density at radius 3 is 2.88 bits per heavy atom. The van der Waals surface area contributed by atoms with Crippen LogP contribution in [0, 0.1) is 13.8 Å². The number of aryl methyl sites for hydroxylation is 2. The van der Waals surface area contributed by atoms with E-state index in [0.29, 0.717) is 30.4 Å². The van der Waals surface area contributed by atoms with E-state index in [0.717, 1.165) is 28.6 Å². The van der Waals surface area contributed by atoms with Crippen molar-refractivity contribution in [3.8, 4) is 0 Å². The lowest BCUT2D eigenvalue weighted by Gasteiger charge is -2.32. The maximum Gasteiger partial charge on any atom is 0.267 e. The van der Waals surface area contributed by atoms with Gasteiger partial charge in [-0.1, -0.05) is 18.3 Å². The third kappa shape index (κ3) is 3.44. The SMILES string of the molecule is Cc1cc(C2CN(C(=O)c3snnc3C(C)C)CCO2)nc(C)n1. The Bertz CT molecular complexity index is 726. The minimum atomic E-state index is -0.230. The number of ether oxygens (including phenoxy) is 1. The molecule has 0 radical (unpaired) electrons. The van der Waals surface area contributed by atoms with Crippen LogP contribution < -0.4 is 0 Å². The van der Waals surface area contributed by atoms with E-state index in [1.54, 1.807) is 0 Å². The van der Waals surface area contributed by atoms with Crippen LogP contribution in [-0.2, 0) is 4.74 Å². The van der Waals surface area contributed by atoms with Crippen molar-refractivity contribution in [2.75, 3.05) is 19.7 Å². The second-order valence-electron chi connectivity index (χ2n) is 6.23. The third-order valence-corrected chi connectivity index (χ3v) is 4.65. The van der Waals surface area contributed by atoms with E-state index in [-0.39, 0.29) is 17.9 Å². The predicted octanol–water partition coefficient (Wildman–Crippen LogP) is 2.28. The lowest BCUT2D eigenvalue weighted by atomic mass is 10.1. The summed E-state index contributed by atoms with van der Waals surface area (Å²) in [5.74, 6) is 0.863. The molecule has 8 heteroatoms. The normalized spacial score (nSPS) is 18.2. The molecule has 2 aromatic rings. The lowest BCUT2D eigenvalue weighted by molar-refractivity contribution is -0.0247. The molecule has 1 atom stereocenters. The molecule has 2 aromatic heterocycles. The number of nitrogens with zero attached hydrogens (tertiary/aromatic N) is 5. The van der Waals surface area contributed by atoms with Gasteiger partial charge in [-0.15, -0.1) is 5.10 Å². The van der Waals surface area contributed by atoms with Crippen molar-refractivity contribution in [3.05, 3.63) is 33.8 Å². The highest BCUT2D eigenvalue weighted by Gasteiger charge is 2.30. The van der Waals surface area contributed by atoms with Gasteiger partial charge in [0.1, 0.15) is 16.8 Å². The first kappa shape index (κ1) is 16.9. The second-order valence-corrected chi connectivity index (χ2v) is 6.99. The van der Waals surface area contributed by atoms with Gasteiger partial charge in [-0.3, -0.25) is 4.79 Å². The van der Waals surface area contributed by atoms with Crippen LogP contribution in [0.1, 0.15) is 58.4 Å². The highest BCUT2D eigenvalue weighted by atomic mass is 32.1. The molecular weight excluding hydrogens is 326 g/mol. The zero-order valence-corrected chi connectivity index (χ0v) is 15.1. The maximum atomic E-state index is 12.9. The van der Waals surface area contributed by atoms with Crippen molar-refractivity contribution in [2.45, 2.75) is 39.7 Å². The van der Waals surface area contributed by atoms with Crippen LogP contribution in [0.15, 0.2) is 6.07 Å². The summed E-state index contributed by atoms with van der Waals surface area (Å²) in [5.41, 5.74) is 2.49. The molecule has 0 N–H and O–H groups in total. The molecule has 128 valence electrons. The van der Waals surface area contributed by atoms with E-state index < -0.39 is 0 Å². The summed E-state index contributed by atoms with van der Waals surface area (Å²) in [6.45, 7) is 9.35. The van der Waals surface area contributed by atoms with E-state index >= 15 is 0 Å². The van der Waals surface area contributed by atoms with Gasteiger partial charge in [0.2, 0.25) is 0 Å². The van der Waals surface area contributed by atoms with E-state index in [2.05, 4.69) is 19.6 Å². The van der Waals surface area contributed by atoms with Crippen molar-refractivity contribution in [1.29, 1.82) is 0 Å². The summed E-state index contributed by atoms with van der Waals surface area (Å²) in [7, 11) is 0. The number of carbonyl (C=O) groups excluding carboxylic acids is 1. The molecule has 0 spiro atoms. The van der Waals surface area contributed by atoms with Gasteiger partial charge in [-0.05, 0) is 37.4 Å². The molecule has 0 bridgehead atoms. The van der Waals surface area contributed by atoms with E-state index in [4.69, 9.17) is 4.74 Å². The molecule has 1 unspecified atom stereocenters. The molecule has 1 saturated heterocycles. The largest absolute Gasteiger partial charge is 0.368 e. The quantitative estimate of drug-likeness (QED) is 0.847. The first-order valence-electron chi connectivity index (χ1n) is 8.01. The molecule has 0 saturated carbocycles. The number of carbonyl (C=O) groups is 1. The molecule has 24 heavy (non-hydrogen) atoms. The summed E-state index contributed by atoms with van der Waals surface area (Å²) in [6.07, 6.45) is -0.230. The maximum absolute atomic E-state index is 12.9. The average Bonchev–Trinajstić information content (AvgIpc) is 3.03. The summed E-state index contributed by atoms with van der Waals surface area (Å²) in [5, 5.41) is 4.10. The smallest absolute Gasteiger partial charge is 0.267 e. The fraction of sp³-hybridized carbons (Fsp3) is 0.562. The van der Waals surface area contributed by atoms with Gasteiger partial charge >= 0.3 is 0 Å². The molecule has 1 amide bonds. The molecule has 0 aliphatic carbocycles. The predicted molar refractivity (Wildman–Crippen MR) is 90.1 cm³/mol. The van der Waals surface area contributed by atoms with Gasteiger partial charge < -0.3 is 9.64 Å². The number of amides is 1. The molecule has 1 fully saturated rings. The van der Waals surface area contributed by atoms with Gasteiger partial charge in [0, 0.05) is 12.2 Å². The Labute approximate surface area is 145 Å². The Kier molecular flexibility index (Phi) is 4.86. The van der Waals surface area contributed by atoms with Crippen LogP contribution >= 0.6 is 11.5 Å². The standard InChI is InChI=1S/C16H21N5O2S/c1-9(2)14-15(24-20-19-14)16(22)21-5-6-23-13(8-21)12-7-10(3)17-11(4)18-12/h7,9,13H,5-6,8H2,1-4H3. The molecule has 3 heterocycles.